The van der Waals surface area contributed by atoms with Crippen molar-refractivity contribution in [1.29, 1.82) is 0 Å². The average Bonchev–Trinajstić information content (AvgIpc) is 2.71. The molecular formula is C19H21Cl2N3O5S. The number of methoxy groups -OCH3 is 1. The summed E-state index contributed by atoms with van der Waals surface area (Å²) in [6.45, 7) is 2.96. The number of aryl methyl sites for hydroxylation is 1. The Balaban J connectivity index is 1.85. The van der Waals surface area contributed by atoms with Crippen LogP contribution in [-0.2, 0) is 26.0 Å². The zero-order valence-electron chi connectivity index (χ0n) is 16.4. The summed E-state index contributed by atoms with van der Waals surface area (Å²) in [6.07, 6.45) is -0.130. The van der Waals surface area contributed by atoms with E-state index in [1.165, 1.54) is 29.6 Å². The lowest BCUT2D eigenvalue weighted by Gasteiger charge is -2.26. The molecule has 1 fully saturated rings. The number of hydrogen-bond donors (Lipinski definition) is 1. The summed E-state index contributed by atoms with van der Waals surface area (Å²) in [7, 11) is -2.30. The van der Waals surface area contributed by atoms with Crippen LogP contribution in [0.4, 0.5) is 5.69 Å². The van der Waals surface area contributed by atoms with Gasteiger partial charge in [0.05, 0.1) is 37.3 Å². The van der Waals surface area contributed by atoms with Gasteiger partial charge in [-0.1, -0.05) is 23.2 Å². The Morgan fingerprint density at radius 1 is 1.27 bits per heavy atom. The van der Waals surface area contributed by atoms with E-state index < -0.39 is 15.9 Å². The van der Waals surface area contributed by atoms with Gasteiger partial charge in [-0.05, 0) is 31.2 Å². The maximum atomic E-state index is 12.9. The number of carbonyl (C=O) groups excluding carboxylic acids is 1. The lowest BCUT2D eigenvalue weighted by Crippen LogP contribution is -2.40. The average molecular weight is 474 g/mol. The van der Waals surface area contributed by atoms with Crippen molar-refractivity contribution < 1.29 is 22.7 Å². The molecule has 3 rings (SSSR count). The highest BCUT2D eigenvalue weighted by molar-refractivity contribution is 7.89. The normalized spacial score (nSPS) is 15.1. The number of amides is 1. The Morgan fingerprint density at radius 3 is 2.60 bits per heavy atom. The molecule has 1 aliphatic rings. The molecule has 1 aromatic heterocycles. The molecule has 0 unspecified atom stereocenters. The zero-order valence-corrected chi connectivity index (χ0v) is 18.8. The van der Waals surface area contributed by atoms with Gasteiger partial charge in [0.1, 0.15) is 10.9 Å². The summed E-state index contributed by atoms with van der Waals surface area (Å²) >= 11 is 12.3. The molecule has 0 aliphatic carbocycles. The maximum absolute atomic E-state index is 12.9. The predicted octanol–water partition coefficient (Wildman–Crippen LogP) is 2.91. The summed E-state index contributed by atoms with van der Waals surface area (Å²) in [4.78, 5) is 16.8. The number of aromatic nitrogens is 1. The maximum Gasteiger partial charge on any atom is 0.243 e. The number of benzene rings is 1. The molecule has 1 aliphatic heterocycles. The minimum atomic E-state index is -3.73. The minimum Gasteiger partial charge on any atom is -0.495 e. The summed E-state index contributed by atoms with van der Waals surface area (Å²) in [6, 6.07) is 5.93. The fraction of sp³-hybridized carbons (Fsp3) is 0.368. The van der Waals surface area contributed by atoms with Crippen molar-refractivity contribution in [2.45, 2.75) is 18.2 Å². The van der Waals surface area contributed by atoms with Gasteiger partial charge >= 0.3 is 0 Å². The highest BCUT2D eigenvalue weighted by Gasteiger charge is 2.27. The van der Waals surface area contributed by atoms with Crippen LogP contribution in [0, 0.1) is 6.92 Å². The van der Waals surface area contributed by atoms with Gasteiger partial charge in [-0.25, -0.2) is 13.4 Å². The first-order chi connectivity index (χ1) is 14.2. The van der Waals surface area contributed by atoms with E-state index >= 15 is 0 Å². The molecule has 1 saturated heterocycles. The number of nitrogens with zero attached hydrogens (tertiary/aromatic N) is 2. The second-order valence-corrected chi connectivity index (χ2v) is 9.32. The van der Waals surface area contributed by atoms with E-state index in [2.05, 4.69) is 10.3 Å². The number of halogens is 2. The Labute approximate surface area is 185 Å². The predicted molar refractivity (Wildman–Crippen MR) is 114 cm³/mol. The van der Waals surface area contributed by atoms with Crippen molar-refractivity contribution in [2.75, 3.05) is 38.7 Å². The molecule has 0 saturated carbocycles. The lowest BCUT2D eigenvalue weighted by molar-refractivity contribution is -0.115. The standard InChI is InChI=1S/C19H21Cl2N3O5S/c1-12-9-15(20)14(19(21)22-12)11-18(25)23-16-10-13(3-4-17(16)28-2)30(26,27)24-5-7-29-8-6-24/h3-4,9-10H,5-8,11H2,1-2H3,(H,23,25). The Hall–Kier alpha value is -1.91. The second-order valence-electron chi connectivity index (χ2n) is 6.62. The smallest absolute Gasteiger partial charge is 0.243 e. The molecule has 1 amide bonds. The molecule has 11 heteroatoms. The number of morpholine rings is 1. The SMILES string of the molecule is COc1ccc(S(=O)(=O)N2CCOCC2)cc1NC(=O)Cc1c(Cl)cc(C)nc1Cl. The Morgan fingerprint density at radius 2 is 1.97 bits per heavy atom. The number of ether oxygens (including phenoxy) is 2. The monoisotopic (exact) mass is 473 g/mol. The van der Waals surface area contributed by atoms with Gasteiger partial charge in [-0.3, -0.25) is 4.79 Å². The van der Waals surface area contributed by atoms with Gasteiger partial charge in [0.15, 0.2) is 0 Å². The molecule has 2 aromatic rings. The Bertz CT molecular complexity index is 1030. The van der Waals surface area contributed by atoms with Crippen LogP contribution in [0.1, 0.15) is 11.3 Å². The number of pyridine rings is 1. The molecule has 162 valence electrons. The van der Waals surface area contributed by atoms with Crippen LogP contribution < -0.4 is 10.1 Å². The van der Waals surface area contributed by atoms with Gasteiger partial charge in [0.2, 0.25) is 15.9 Å². The molecule has 0 spiro atoms. The lowest BCUT2D eigenvalue weighted by atomic mass is 10.2. The van der Waals surface area contributed by atoms with Crippen LogP contribution in [-0.4, -0.2) is 57.0 Å². The second kappa shape index (κ2) is 9.49. The van der Waals surface area contributed by atoms with Crippen LogP contribution in [0.25, 0.3) is 0 Å². The molecule has 8 nitrogen and oxygen atoms in total. The minimum absolute atomic E-state index is 0.0496. The van der Waals surface area contributed by atoms with E-state index in [1.54, 1.807) is 13.0 Å². The molecule has 0 bridgehead atoms. The summed E-state index contributed by atoms with van der Waals surface area (Å²) in [5.41, 5.74) is 1.25. The van der Waals surface area contributed by atoms with E-state index in [0.29, 0.717) is 35.2 Å². The highest BCUT2D eigenvalue weighted by Crippen LogP contribution is 2.30. The van der Waals surface area contributed by atoms with Crippen molar-refractivity contribution >= 4 is 44.8 Å². The fourth-order valence-electron chi connectivity index (χ4n) is 3.02. The van der Waals surface area contributed by atoms with Gasteiger partial charge in [0, 0.05) is 29.4 Å². The number of anilines is 1. The largest absolute Gasteiger partial charge is 0.495 e. The number of hydrogen-bond acceptors (Lipinski definition) is 6. The summed E-state index contributed by atoms with van der Waals surface area (Å²) < 4.78 is 37.7. The first-order valence-electron chi connectivity index (χ1n) is 9.09. The number of sulfonamides is 1. The topological polar surface area (TPSA) is 97.8 Å². The fourth-order valence-corrected chi connectivity index (χ4v) is 5.12. The van der Waals surface area contributed by atoms with Crippen LogP contribution in [0.5, 0.6) is 5.75 Å². The number of rotatable bonds is 6. The van der Waals surface area contributed by atoms with Crippen molar-refractivity contribution in [3.8, 4) is 5.75 Å². The highest BCUT2D eigenvalue weighted by atomic mass is 35.5. The van der Waals surface area contributed by atoms with Gasteiger partial charge in [-0.2, -0.15) is 4.31 Å². The van der Waals surface area contributed by atoms with Crippen molar-refractivity contribution in [3.63, 3.8) is 0 Å². The third-order valence-electron chi connectivity index (χ3n) is 4.54. The van der Waals surface area contributed by atoms with Crippen molar-refractivity contribution in [2.24, 2.45) is 0 Å². The van der Waals surface area contributed by atoms with Crippen LogP contribution in [0.2, 0.25) is 10.2 Å². The van der Waals surface area contributed by atoms with Crippen LogP contribution >= 0.6 is 23.2 Å². The van der Waals surface area contributed by atoms with Crippen LogP contribution in [0.15, 0.2) is 29.2 Å². The molecule has 1 aromatic carbocycles. The number of nitrogens with one attached hydrogen (secondary N) is 1. The third kappa shape index (κ3) is 5.04. The molecule has 0 atom stereocenters. The Kier molecular flexibility index (Phi) is 7.20. The molecular weight excluding hydrogens is 453 g/mol. The van der Waals surface area contributed by atoms with Crippen molar-refractivity contribution in [3.05, 3.63) is 45.7 Å². The van der Waals surface area contributed by atoms with E-state index in [-0.39, 0.29) is 35.2 Å². The van der Waals surface area contributed by atoms with E-state index in [4.69, 9.17) is 32.7 Å². The molecule has 0 radical (unpaired) electrons. The first-order valence-corrected chi connectivity index (χ1v) is 11.3. The van der Waals surface area contributed by atoms with E-state index in [9.17, 15) is 13.2 Å². The quantitative estimate of drug-likeness (QED) is 0.647. The molecule has 1 N–H and O–H groups in total. The molecule has 30 heavy (non-hydrogen) atoms. The van der Waals surface area contributed by atoms with Gasteiger partial charge in [-0.15, -0.1) is 0 Å². The van der Waals surface area contributed by atoms with E-state index in [1.807, 2.05) is 0 Å². The number of carbonyl (C=O) groups is 1. The first kappa shape index (κ1) is 22.8. The molecule has 2 heterocycles. The van der Waals surface area contributed by atoms with Gasteiger partial charge in [0.25, 0.3) is 0 Å². The van der Waals surface area contributed by atoms with E-state index in [0.717, 1.165) is 0 Å². The third-order valence-corrected chi connectivity index (χ3v) is 7.08. The summed E-state index contributed by atoms with van der Waals surface area (Å²) in [5, 5.41) is 3.15. The van der Waals surface area contributed by atoms with Crippen molar-refractivity contribution in [1.82, 2.24) is 9.29 Å². The zero-order chi connectivity index (χ0) is 21.9. The van der Waals surface area contributed by atoms with Gasteiger partial charge < -0.3 is 14.8 Å². The summed E-state index contributed by atoms with van der Waals surface area (Å²) in [5.74, 6) is -0.118. The van der Waals surface area contributed by atoms with Crippen LogP contribution in [0.3, 0.4) is 0 Å².